The molecule has 0 aliphatic carbocycles. The van der Waals surface area contributed by atoms with Crippen molar-refractivity contribution < 1.29 is 14.3 Å². The Kier molecular flexibility index (Phi) is 7.89. The van der Waals surface area contributed by atoms with E-state index in [1.807, 2.05) is 18.2 Å². The predicted molar refractivity (Wildman–Crippen MR) is 123 cm³/mol. The molecule has 3 aromatic carbocycles. The molecular weight excluding hydrogens is 461 g/mol. The van der Waals surface area contributed by atoms with Gasteiger partial charge < -0.3 is 10.1 Å². The van der Waals surface area contributed by atoms with Crippen molar-refractivity contribution in [1.29, 1.82) is 0 Å². The number of nitrogens with one attached hydrogen (secondary N) is 2. The lowest BCUT2D eigenvalue weighted by Gasteiger charge is -2.09. The number of ether oxygens (including phenoxy) is 1. The summed E-state index contributed by atoms with van der Waals surface area (Å²) in [6, 6.07) is 19.1. The fourth-order valence-electron chi connectivity index (χ4n) is 2.45. The Balaban J connectivity index is 1.58. The third kappa shape index (κ3) is 6.46. The van der Waals surface area contributed by atoms with Crippen molar-refractivity contribution in [3.8, 4) is 5.75 Å². The van der Waals surface area contributed by atoms with Crippen LogP contribution >= 0.6 is 34.8 Å². The molecule has 158 valence electrons. The van der Waals surface area contributed by atoms with Crippen LogP contribution in [-0.4, -0.2) is 18.0 Å². The first-order chi connectivity index (χ1) is 14.9. The number of hydrazone groups is 1. The van der Waals surface area contributed by atoms with Crippen LogP contribution in [0.5, 0.6) is 5.75 Å². The van der Waals surface area contributed by atoms with Gasteiger partial charge in [0.05, 0.1) is 21.9 Å². The molecule has 0 bridgehead atoms. The third-order valence-electron chi connectivity index (χ3n) is 4.00. The number of benzene rings is 3. The molecule has 0 heterocycles. The molecule has 3 aromatic rings. The molecule has 0 aliphatic heterocycles. The minimum Gasteiger partial charge on any atom is -0.488 e. The molecule has 0 aliphatic rings. The summed E-state index contributed by atoms with van der Waals surface area (Å²) in [5.41, 5.74) is 3.95. The van der Waals surface area contributed by atoms with Gasteiger partial charge in [0, 0.05) is 10.6 Å². The normalized spacial score (nSPS) is 10.7. The summed E-state index contributed by atoms with van der Waals surface area (Å²) in [4.78, 5) is 24.0. The highest BCUT2D eigenvalue weighted by molar-refractivity contribution is 6.45. The lowest BCUT2D eigenvalue weighted by molar-refractivity contribution is -0.136. The highest BCUT2D eigenvalue weighted by atomic mass is 35.5. The monoisotopic (exact) mass is 475 g/mol. The molecule has 0 saturated carbocycles. The van der Waals surface area contributed by atoms with Gasteiger partial charge in [-0.2, -0.15) is 5.10 Å². The topological polar surface area (TPSA) is 79.8 Å². The molecule has 0 unspecified atom stereocenters. The van der Waals surface area contributed by atoms with Crippen LogP contribution < -0.4 is 15.5 Å². The van der Waals surface area contributed by atoms with E-state index in [0.717, 1.165) is 5.56 Å². The first-order valence-corrected chi connectivity index (χ1v) is 10.1. The van der Waals surface area contributed by atoms with Gasteiger partial charge in [-0.05, 0) is 42.0 Å². The average Bonchev–Trinajstić information content (AvgIpc) is 2.77. The van der Waals surface area contributed by atoms with Crippen molar-refractivity contribution in [2.45, 2.75) is 6.61 Å². The Morgan fingerprint density at radius 3 is 2.42 bits per heavy atom. The van der Waals surface area contributed by atoms with Crippen molar-refractivity contribution in [1.82, 2.24) is 5.43 Å². The number of rotatable bonds is 6. The molecule has 3 rings (SSSR count). The van der Waals surface area contributed by atoms with Gasteiger partial charge in [0.15, 0.2) is 0 Å². The number of anilines is 1. The molecule has 0 atom stereocenters. The lowest BCUT2D eigenvalue weighted by Crippen LogP contribution is -2.32. The fraction of sp³-hybridized carbons (Fsp3) is 0.0455. The predicted octanol–water partition coefficient (Wildman–Crippen LogP) is 5.31. The van der Waals surface area contributed by atoms with Crippen molar-refractivity contribution in [3.05, 3.63) is 92.9 Å². The van der Waals surface area contributed by atoms with Gasteiger partial charge in [-0.1, -0.05) is 65.1 Å². The molecule has 0 radical (unpaired) electrons. The smallest absolute Gasteiger partial charge is 0.329 e. The van der Waals surface area contributed by atoms with E-state index < -0.39 is 11.8 Å². The van der Waals surface area contributed by atoms with Crippen LogP contribution in [0.25, 0.3) is 0 Å². The SMILES string of the molecule is O=C(NN=Cc1ccccc1OCc1ccc(Cl)cc1)C(=O)Nc1cccc(Cl)c1Cl. The first kappa shape index (κ1) is 22.6. The van der Waals surface area contributed by atoms with Gasteiger partial charge in [-0.3, -0.25) is 9.59 Å². The van der Waals surface area contributed by atoms with E-state index >= 15 is 0 Å². The summed E-state index contributed by atoms with van der Waals surface area (Å²) in [6.07, 6.45) is 1.38. The molecule has 31 heavy (non-hydrogen) atoms. The van der Waals surface area contributed by atoms with Gasteiger partial charge in [0.1, 0.15) is 12.4 Å². The van der Waals surface area contributed by atoms with E-state index in [-0.39, 0.29) is 15.7 Å². The first-order valence-electron chi connectivity index (χ1n) is 8.98. The van der Waals surface area contributed by atoms with E-state index in [1.54, 1.807) is 42.5 Å². The van der Waals surface area contributed by atoms with Crippen molar-refractivity contribution in [2.75, 3.05) is 5.32 Å². The molecule has 9 heteroatoms. The average molecular weight is 477 g/mol. The zero-order valence-electron chi connectivity index (χ0n) is 15.9. The summed E-state index contributed by atoms with van der Waals surface area (Å²) in [7, 11) is 0. The van der Waals surface area contributed by atoms with Gasteiger partial charge in [-0.15, -0.1) is 0 Å². The Morgan fingerprint density at radius 1 is 0.903 bits per heavy atom. The maximum Gasteiger partial charge on any atom is 0.329 e. The van der Waals surface area contributed by atoms with Crippen LogP contribution in [0.3, 0.4) is 0 Å². The van der Waals surface area contributed by atoms with Gasteiger partial charge in [0.25, 0.3) is 0 Å². The number of hydrogen-bond donors (Lipinski definition) is 2. The second-order valence-electron chi connectivity index (χ2n) is 6.21. The molecule has 6 nitrogen and oxygen atoms in total. The molecule has 0 fully saturated rings. The van der Waals surface area contributed by atoms with E-state index in [1.165, 1.54) is 12.3 Å². The van der Waals surface area contributed by atoms with Crippen LogP contribution in [0.1, 0.15) is 11.1 Å². The summed E-state index contributed by atoms with van der Waals surface area (Å²) in [5.74, 6) is -1.34. The zero-order valence-corrected chi connectivity index (χ0v) is 18.2. The van der Waals surface area contributed by atoms with Gasteiger partial charge >= 0.3 is 11.8 Å². The highest BCUT2D eigenvalue weighted by Crippen LogP contribution is 2.29. The summed E-state index contributed by atoms with van der Waals surface area (Å²) < 4.78 is 5.82. The summed E-state index contributed by atoms with van der Waals surface area (Å²) in [6.45, 7) is 0.331. The second kappa shape index (κ2) is 10.8. The van der Waals surface area contributed by atoms with Gasteiger partial charge in [0.2, 0.25) is 0 Å². The molecule has 2 amide bonds. The molecule has 0 spiro atoms. The zero-order chi connectivity index (χ0) is 22.2. The minimum absolute atomic E-state index is 0.139. The summed E-state index contributed by atoms with van der Waals surface area (Å²) in [5, 5.41) is 7.25. The van der Waals surface area contributed by atoms with E-state index in [2.05, 4.69) is 15.8 Å². The number of halogens is 3. The van der Waals surface area contributed by atoms with Gasteiger partial charge in [-0.25, -0.2) is 5.43 Å². The Labute approximate surface area is 193 Å². The largest absolute Gasteiger partial charge is 0.488 e. The van der Waals surface area contributed by atoms with E-state index in [0.29, 0.717) is 22.9 Å². The lowest BCUT2D eigenvalue weighted by atomic mass is 10.2. The fourth-order valence-corrected chi connectivity index (χ4v) is 2.92. The molecular formula is C22H16Cl3N3O3. The Hall–Kier alpha value is -3.06. The quantitative estimate of drug-likeness (QED) is 0.287. The number of nitrogens with zero attached hydrogens (tertiary/aromatic N) is 1. The third-order valence-corrected chi connectivity index (χ3v) is 5.07. The highest BCUT2D eigenvalue weighted by Gasteiger charge is 2.15. The summed E-state index contributed by atoms with van der Waals surface area (Å²) >= 11 is 17.8. The van der Waals surface area contributed by atoms with Crippen LogP contribution in [0.2, 0.25) is 15.1 Å². The number of para-hydroxylation sites is 1. The number of hydrogen-bond acceptors (Lipinski definition) is 4. The Bertz CT molecular complexity index is 1120. The maximum atomic E-state index is 12.0. The van der Waals surface area contributed by atoms with Crippen molar-refractivity contribution in [2.24, 2.45) is 5.10 Å². The Morgan fingerprint density at radius 2 is 1.65 bits per heavy atom. The van der Waals surface area contributed by atoms with Crippen LogP contribution in [0.15, 0.2) is 71.8 Å². The minimum atomic E-state index is -0.966. The number of amides is 2. The van der Waals surface area contributed by atoms with Crippen molar-refractivity contribution in [3.63, 3.8) is 0 Å². The standard InChI is InChI=1S/C22H16Cl3N3O3/c23-16-10-8-14(9-11-16)13-31-19-7-2-1-4-15(19)12-26-28-22(30)21(29)27-18-6-3-5-17(24)20(18)25/h1-12H,13H2,(H,27,29)(H,28,30). The number of carbonyl (C=O) groups is 2. The molecule has 2 N–H and O–H groups in total. The van der Waals surface area contributed by atoms with Crippen LogP contribution in [0, 0.1) is 0 Å². The van der Waals surface area contributed by atoms with Crippen LogP contribution in [-0.2, 0) is 16.2 Å². The van der Waals surface area contributed by atoms with Crippen LogP contribution in [0.4, 0.5) is 5.69 Å². The van der Waals surface area contributed by atoms with Crippen molar-refractivity contribution >= 4 is 58.5 Å². The number of carbonyl (C=O) groups excluding carboxylic acids is 2. The molecule has 0 aromatic heterocycles. The van der Waals surface area contributed by atoms with E-state index in [9.17, 15) is 9.59 Å². The van der Waals surface area contributed by atoms with E-state index in [4.69, 9.17) is 39.5 Å². The maximum absolute atomic E-state index is 12.0. The second-order valence-corrected chi connectivity index (χ2v) is 7.43. The molecule has 0 saturated heterocycles.